The minimum atomic E-state index is -0.751. The van der Waals surface area contributed by atoms with Crippen molar-refractivity contribution in [1.82, 2.24) is 29.5 Å². The average Bonchev–Trinajstić information content (AvgIpc) is 3.28. The van der Waals surface area contributed by atoms with Gasteiger partial charge in [0, 0.05) is 26.4 Å². The molecule has 1 unspecified atom stereocenters. The number of halogens is 1. The number of carbonyl (C=O) groups excluding carboxylic acids is 1. The van der Waals surface area contributed by atoms with Gasteiger partial charge in [-0.1, -0.05) is 6.07 Å². The second-order valence-electron chi connectivity index (χ2n) is 8.02. The smallest absolute Gasteiger partial charge is 0.282 e. The molecule has 0 spiro atoms. The van der Waals surface area contributed by atoms with Crippen LogP contribution in [0.15, 0.2) is 53.6 Å². The standard InChI is InChI=1S/C23H23FN8O3/c1-25-20-11-18(28-15-7-9-17(24)31(23(15)34)19-5-3-4-10-26-19)30-21-13(12-27-32(20)21)22(33)29-14-6-8-16(14)35-2/h3-5,7,9-12,14,16,25H,6,8H2,1-2H3,(H,28,30)(H,29,33)/t14?,16-/m0/s1. The van der Waals surface area contributed by atoms with Gasteiger partial charge < -0.3 is 20.7 Å². The van der Waals surface area contributed by atoms with Crippen LogP contribution in [-0.4, -0.2) is 56.4 Å². The molecule has 4 heterocycles. The maximum Gasteiger partial charge on any atom is 0.282 e. The number of pyridine rings is 2. The van der Waals surface area contributed by atoms with E-state index in [0.717, 1.165) is 17.4 Å². The van der Waals surface area contributed by atoms with Gasteiger partial charge in [0.1, 0.15) is 28.7 Å². The first-order valence-corrected chi connectivity index (χ1v) is 11.0. The summed E-state index contributed by atoms with van der Waals surface area (Å²) in [7, 11) is 3.32. The van der Waals surface area contributed by atoms with Crippen LogP contribution in [-0.2, 0) is 4.74 Å². The van der Waals surface area contributed by atoms with E-state index >= 15 is 0 Å². The highest BCUT2D eigenvalue weighted by Crippen LogP contribution is 2.25. The number of hydrogen-bond acceptors (Lipinski definition) is 8. The third kappa shape index (κ3) is 4.08. The molecule has 5 rings (SSSR count). The molecule has 1 saturated carbocycles. The molecule has 12 heteroatoms. The molecular weight excluding hydrogens is 455 g/mol. The van der Waals surface area contributed by atoms with Crippen LogP contribution in [0.2, 0.25) is 0 Å². The van der Waals surface area contributed by atoms with Crippen molar-refractivity contribution in [3.8, 4) is 5.82 Å². The van der Waals surface area contributed by atoms with Crippen LogP contribution in [0.3, 0.4) is 0 Å². The summed E-state index contributed by atoms with van der Waals surface area (Å²) < 4.78 is 22.2. The topological polar surface area (TPSA) is 127 Å². The zero-order chi connectivity index (χ0) is 24.5. The van der Waals surface area contributed by atoms with Gasteiger partial charge in [0.2, 0.25) is 5.95 Å². The fraction of sp³-hybridized carbons (Fsp3) is 0.261. The zero-order valence-corrected chi connectivity index (χ0v) is 19.0. The maximum atomic E-state index is 14.5. The van der Waals surface area contributed by atoms with Crippen LogP contribution in [0.5, 0.6) is 0 Å². The Bertz CT molecular complexity index is 1450. The summed E-state index contributed by atoms with van der Waals surface area (Å²) in [6.07, 6.45) is 4.62. The number of fused-ring (bicyclic) bond motifs is 1. The number of ether oxygens (including phenoxy) is 1. The van der Waals surface area contributed by atoms with Gasteiger partial charge >= 0.3 is 0 Å². The number of methoxy groups -OCH3 is 1. The van der Waals surface area contributed by atoms with Gasteiger partial charge in [-0.15, -0.1) is 0 Å². The number of nitrogens with one attached hydrogen (secondary N) is 3. The number of amides is 1. The molecule has 0 saturated heterocycles. The second-order valence-corrected chi connectivity index (χ2v) is 8.02. The third-order valence-corrected chi connectivity index (χ3v) is 5.98. The lowest BCUT2D eigenvalue weighted by Crippen LogP contribution is -2.51. The fourth-order valence-electron chi connectivity index (χ4n) is 3.98. The van der Waals surface area contributed by atoms with Gasteiger partial charge in [-0.05, 0) is 37.1 Å². The molecule has 180 valence electrons. The molecule has 0 aromatic carbocycles. The monoisotopic (exact) mass is 478 g/mol. The lowest BCUT2D eigenvalue weighted by atomic mass is 9.89. The van der Waals surface area contributed by atoms with Gasteiger partial charge in [0.15, 0.2) is 5.65 Å². The fourth-order valence-corrected chi connectivity index (χ4v) is 3.98. The Morgan fingerprint density at radius 1 is 1.23 bits per heavy atom. The molecule has 0 aliphatic heterocycles. The Morgan fingerprint density at radius 3 is 2.77 bits per heavy atom. The molecular formula is C23H23FN8O3. The summed E-state index contributed by atoms with van der Waals surface area (Å²) in [5.41, 5.74) is 0.00605. The first-order valence-electron chi connectivity index (χ1n) is 11.0. The Morgan fingerprint density at radius 2 is 2.09 bits per heavy atom. The maximum absolute atomic E-state index is 14.5. The quantitative estimate of drug-likeness (QED) is 0.345. The van der Waals surface area contributed by atoms with E-state index in [1.807, 2.05) is 0 Å². The van der Waals surface area contributed by atoms with Gasteiger partial charge in [0.25, 0.3) is 11.5 Å². The van der Waals surface area contributed by atoms with Crippen LogP contribution < -0.4 is 21.5 Å². The molecule has 1 fully saturated rings. The summed E-state index contributed by atoms with van der Waals surface area (Å²) in [5.74, 6) is -0.122. The molecule has 11 nitrogen and oxygen atoms in total. The number of aromatic nitrogens is 5. The summed E-state index contributed by atoms with van der Waals surface area (Å²) in [6.45, 7) is 0. The summed E-state index contributed by atoms with van der Waals surface area (Å²) in [5, 5.41) is 13.2. The average molecular weight is 478 g/mol. The minimum Gasteiger partial charge on any atom is -0.379 e. The number of nitrogens with zero attached hydrogens (tertiary/aromatic N) is 5. The largest absolute Gasteiger partial charge is 0.379 e. The molecule has 4 aromatic rings. The van der Waals surface area contributed by atoms with E-state index in [-0.39, 0.29) is 46.6 Å². The van der Waals surface area contributed by atoms with Crippen molar-refractivity contribution in [3.63, 3.8) is 0 Å². The third-order valence-electron chi connectivity index (χ3n) is 5.98. The Kier molecular flexibility index (Phi) is 5.87. The van der Waals surface area contributed by atoms with Gasteiger partial charge in [-0.2, -0.15) is 14.0 Å². The first-order chi connectivity index (χ1) is 17.0. The molecule has 1 aliphatic carbocycles. The normalized spacial score (nSPS) is 17.1. The first kappa shape index (κ1) is 22.5. The number of hydrogen-bond donors (Lipinski definition) is 3. The predicted molar refractivity (Wildman–Crippen MR) is 127 cm³/mol. The van der Waals surface area contributed by atoms with E-state index in [0.29, 0.717) is 5.82 Å². The summed E-state index contributed by atoms with van der Waals surface area (Å²) in [4.78, 5) is 34.6. The molecule has 2 atom stereocenters. The lowest BCUT2D eigenvalue weighted by molar-refractivity contribution is 0.00732. The Hall–Kier alpha value is -4.32. The Balaban J connectivity index is 1.50. The van der Waals surface area contributed by atoms with Crippen LogP contribution in [0.4, 0.5) is 21.7 Å². The molecule has 0 radical (unpaired) electrons. The second kappa shape index (κ2) is 9.14. The molecule has 4 aromatic heterocycles. The van der Waals surface area contributed by atoms with Crippen molar-refractivity contribution < 1.29 is 13.9 Å². The SMILES string of the molecule is CNc1cc(Nc2ccc(F)n(-c3ccccn3)c2=O)nc2c(C(=O)NC3CC[C@@H]3OC)cnn12. The number of carbonyl (C=O) groups is 1. The van der Waals surface area contributed by atoms with Crippen molar-refractivity contribution in [2.24, 2.45) is 0 Å². The highest BCUT2D eigenvalue weighted by Gasteiger charge is 2.33. The Labute approximate surface area is 199 Å². The minimum absolute atomic E-state index is 0.0152. The molecule has 1 amide bonds. The van der Waals surface area contributed by atoms with E-state index in [4.69, 9.17) is 4.74 Å². The van der Waals surface area contributed by atoms with Crippen LogP contribution >= 0.6 is 0 Å². The van der Waals surface area contributed by atoms with E-state index in [1.165, 1.54) is 35.1 Å². The van der Waals surface area contributed by atoms with Crippen molar-refractivity contribution in [3.05, 3.63) is 70.7 Å². The highest BCUT2D eigenvalue weighted by atomic mass is 19.1. The zero-order valence-electron chi connectivity index (χ0n) is 19.0. The number of rotatable bonds is 7. The molecule has 35 heavy (non-hydrogen) atoms. The van der Waals surface area contributed by atoms with Crippen molar-refractivity contribution in [2.45, 2.75) is 25.0 Å². The van der Waals surface area contributed by atoms with E-state index < -0.39 is 11.5 Å². The van der Waals surface area contributed by atoms with Crippen molar-refractivity contribution in [1.29, 1.82) is 0 Å². The van der Waals surface area contributed by atoms with Crippen molar-refractivity contribution >= 4 is 28.9 Å². The summed E-state index contributed by atoms with van der Waals surface area (Å²) >= 11 is 0. The highest BCUT2D eigenvalue weighted by molar-refractivity contribution is 6.00. The van der Waals surface area contributed by atoms with E-state index in [9.17, 15) is 14.0 Å². The number of anilines is 3. The van der Waals surface area contributed by atoms with Gasteiger partial charge in [-0.3, -0.25) is 9.59 Å². The summed E-state index contributed by atoms with van der Waals surface area (Å²) in [6, 6.07) is 8.91. The molecule has 0 bridgehead atoms. The van der Waals surface area contributed by atoms with E-state index in [2.05, 4.69) is 31.0 Å². The van der Waals surface area contributed by atoms with Gasteiger partial charge in [-0.25, -0.2) is 14.5 Å². The van der Waals surface area contributed by atoms with Gasteiger partial charge in [0.05, 0.1) is 18.3 Å². The van der Waals surface area contributed by atoms with Crippen LogP contribution in [0.1, 0.15) is 23.2 Å². The lowest BCUT2D eigenvalue weighted by Gasteiger charge is -2.35. The molecule has 3 N–H and O–H groups in total. The van der Waals surface area contributed by atoms with Crippen molar-refractivity contribution in [2.75, 3.05) is 24.8 Å². The van der Waals surface area contributed by atoms with E-state index in [1.54, 1.807) is 32.4 Å². The predicted octanol–water partition coefficient (Wildman–Crippen LogP) is 2.11. The van der Waals surface area contributed by atoms with Crippen LogP contribution in [0.25, 0.3) is 11.5 Å². The van der Waals surface area contributed by atoms with Crippen LogP contribution in [0, 0.1) is 5.95 Å². The molecule has 1 aliphatic rings.